The van der Waals surface area contributed by atoms with Gasteiger partial charge in [-0.1, -0.05) is 12.1 Å². The Hall–Kier alpha value is -2.82. The Balaban J connectivity index is 1.56. The van der Waals surface area contributed by atoms with Crippen LogP contribution < -0.4 is 0 Å². The normalized spacial score (nSPS) is 16.9. The van der Waals surface area contributed by atoms with Gasteiger partial charge < -0.3 is 14.0 Å². The summed E-state index contributed by atoms with van der Waals surface area (Å²) < 4.78 is 4.23. The van der Waals surface area contributed by atoms with E-state index in [0.29, 0.717) is 0 Å². The predicted molar refractivity (Wildman–Crippen MR) is 91.7 cm³/mol. The van der Waals surface area contributed by atoms with Gasteiger partial charge in [-0.05, 0) is 36.8 Å². The van der Waals surface area contributed by atoms with Crippen LogP contribution in [0.1, 0.15) is 34.6 Å². The van der Waals surface area contributed by atoms with E-state index in [1.807, 2.05) is 46.0 Å². The third kappa shape index (κ3) is 2.62. The Morgan fingerprint density at radius 1 is 1.21 bits per heavy atom. The third-order valence-corrected chi connectivity index (χ3v) is 4.70. The van der Waals surface area contributed by atoms with Gasteiger partial charge in [0.15, 0.2) is 0 Å². The summed E-state index contributed by atoms with van der Waals surface area (Å²) in [5.74, 6) is 0.0995. The first kappa shape index (κ1) is 14.8. The molecule has 1 aromatic carbocycles. The Morgan fingerprint density at radius 2 is 2.12 bits per heavy atom. The molecule has 4 rings (SSSR count). The summed E-state index contributed by atoms with van der Waals surface area (Å²) >= 11 is 0. The lowest BCUT2D eigenvalue weighted by Gasteiger charge is -2.35. The fourth-order valence-corrected chi connectivity index (χ4v) is 3.42. The van der Waals surface area contributed by atoms with Crippen molar-refractivity contribution in [2.45, 2.75) is 26.1 Å². The Labute approximate surface area is 141 Å². The summed E-state index contributed by atoms with van der Waals surface area (Å²) in [6.07, 6.45) is 7.56. The van der Waals surface area contributed by atoms with Gasteiger partial charge in [0, 0.05) is 49.5 Å². The van der Waals surface area contributed by atoms with Crippen molar-refractivity contribution in [3.8, 4) is 0 Å². The van der Waals surface area contributed by atoms with Gasteiger partial charge in [0.1, 0.15) is 0 Å². The predicted octanol–water partition coefficient (Wildman–Crippen LogP) is 2.95. The van der Waals surface area contributed by atoms with E-state index in [2.05, 4.69) is 28.7 Å². The van der Waals surface area contributed by atoms with Crippen LogP contribution in [0.2, 0.25) is 0 Å². The first-order valence-corrected chi connectivity index (χ1v) is 8.23. The largest absolute Gasteiger partial charge is 0.348 e. The second kappa shape index (κ2) is 6.00. The number of amides is 1. The van der Waals surface area contributed by atoms with Crippen LogP contribution in [0.5, 0.6) is 0 Å². The first-order chi connectivity index (χ1) is 11.7. The second-order valence-electron chi connectivity index (χ2n) is 6.24. The molecule has 5 heteroatoms. The molecule has 0 unspecified atom stereocenters. The van der Waals surface area contributed by atoms with E-state index in [1.54, 1.807) is 12.5 Å². The van der Waals surface area contributed by atoms with Crippen molar-refractivity contribution >= 4 is 5.91 Å². The lowest BCUT2D eigenvalue weighted by atomic mass is 10.1. The monoisotopic (exact) mass is 320 g/mol. The number of carbonyl (C=O) groups excluding carboxylic acids is 1. The van der Waals surface area contributed by atoms with Crippen LogP contribution in [0.3, 0.4) is 0 Å². The molecule has 0 saturated heterocycles. The number of nitrogens with zero attached hydrogens (tertiary/aromatic N) is 4. The number of hydrogen-bond donors (Lipinski definition) is 0. The molecule has 0 bridgehead atoms. The molecule has 122 valence electrons. The highest BCUT2D eigenvalue weighted by atomic mass is 16.2. The minimum atomic E-state index is 0.0959. The molecule has 1 aliphatic heterocycles. The molecule has 0 fully saturated rings. The highest BCUT2D eigenvalue weighted by Gasteiger charge is 2.28. The van der Waals surface area contributed by atoms with Gasteiger partial charge in [-0.25, -0.2) is 4.98 Å². The van der Waals surface area contributed by atoms with E-state index in [1.165, 1.54) is 5.69 Å². The molecule has 2 aromatic heterocycles. The van der Waals surface area contributed by atoms with Gasteiger partial charge >= 0.3 is 0 Å². The molecule has 1 aliphatic rings. The summed E-state index contributed by atoms with van der Waals surface area (Å²) in [7, 11) is 0. The van der Waals surface area contributed by atoms with Crippen LogP contribution >= 0.6 is 0 Å². The molecule has 3 heterocycles. The first-order valence-electron chi connectivity index (χ1n) is 8.23. The lowest BCUT2D eigenvalue weighted by molar-refractivity contribution is 0.0644. The smallest absolute Gasteiger partial charge is 0.254 e. The number of hydrogen-bond acceptors (Lipinski definition) is 2. The highest BCUT2D eigenvalue weighted by Crippen LogP contribution is 2.27. The van der Waals surface area contributed by atoms with Gasteiger partial charge in [-0.15, -0.1) is 0 Å². The Bertz CT molecular complexity index is 850. The molecule has 0 radical (unpaired) electrons. The van der Waals surface area contributed by atoms with Gasteiger partial charge in [0.25, 0.3) is 5.91 Å². The lowest BCUT2D eigenvalue weighted by Crippen LogP contribution is -2.40. The maximum Gasteiger partial charge on any atom is 0.254 e. The summed E-state index contributed by atoms with van der Waals surface area (Å²) in [4.78, 5) is 19.0. The van der Waals surface area contributed by atoms with Crippen LogP contribution in [-0.2, 0) is 13.1 Å². The van der Waals surface area contributed by atoms with E-state index < -0.39 is 0 Å². The number of aromatic nitrogens is 3. The molecule has 24 heavy (non-hydrogen) atoms. The van der Waals surface area contributed by atoms with E-state index >= 15 is 0 Å². The van der Waals surface area contributed by atoms with E-state index in [-0.39, 0.29) is 11.9 Å². The molecule has 0 saturated carbocycles. The van der Waals surface area contributed by atoms with Crippen LogP contribution in [0.25, 0.3) is 0 Å². The summed E-state index contributed by atoms with van der Waals surface area (Å²) in [6, 6.07) is 12.1. The van der Waals surface area contributed by atoms with Crippen molar-refractivity contribution in [3.05, 3.63) is 78.1 Å². The molecular formula is C19H20N4O. The van der Waals surface area contributed by atoms with E-state index in [9.17, 15) is 4.79 Å². The molecular weight excluding hydrogens is 300 g/mol. The van der Waals surface area contributed by atoms with Crippen LogP contribution in [0.4, 0.5) is 0 Å². The topological polar surface area (TPSA) is 43.1 Å². The number of imidazole rings is 1. The van der Waals surface area contributed by atoms with Crippen molar-refractivity contribution in [1.82, 2.24) is 19.0 Å². The van der Waals surface area contributed by atoms with Gasteiger partial charge in [0.2, 0.25) is 0 Å². The van der Waals surface area contributed by atoms with Crippen LogP contribution in [0, 0.1) is 0 Å². The minimum Gasteiger partial charge on any atom is -0.348 e. The molecule has 5 nitrogen and oxygen atoms in total. The molecule has 0 aliphatic carbocycles. The van der Waals surface area contributed by atoms with Crippen molar-refractivity contribution < 1.29 is 4.79 Å². The fourth-order valence-electron chi connectivity index (χ4n) is 3.42. The molecule has 1 amide bonds. The number of carbonyl (C=O) groups is 1. The maximum absolute atomic E-state index is 13.0. The Morgan fingerprint density at radius 3 is 2.96 bits per heavy atom. The quantitative estimate of drug-likeness (QED) is 0.744. The Kier molecular flexibility index (Phi) is 3.69. The SMILES string of the molecule is C[C@H]1c2cccn2CCN1C(=O)c1cccc(Cn2ccnc2)c1. The van der Waals surface area contributed by atoms with E-state index in [0.717, 1.165) is 30.8 Å². The molecule has 3 aromatic rings. The zero-order valence-corrected chi connectivity index (χ0v) is 13.7. The van der Waals surface area contributed by atoms with Gasteiger partial charge in [-0.3, -0.25) is 4.79 Å². The van der Waals surface area contributed by atoms with E-state index in [4.69, 9.17) is 0 Å². The van der Waals surface area contributed by atoms with Crippen LogP contribution in [-0.4, -0.2) is 31.5 Å². The molecule has 0 N–H and O–H groups in total. The van der Waals surface area contributed by atoms with Crippen molar-refractivity contribution in [1.29, 1.82) is 0 Å². The van der Waals surface area contributed by atoms with Crippen LogP contribution in [0.15, 0.2) is 61.3 Å². The second-order valence-corrected chi connectivity index (χ2v) is 6.24. The molecule has 1 atom stereocenters. The summed E-state index contributed by atoms with van der Waals surface area (Å²) in [5.41, 5.74) is 3.05. The average Bonchev–Trinajstić information content (AvgIpc) is 3.26. The summed E-state index contributed by atoms with van der Waals surface area (Å²) in [6.45, 7) is 4.42. The third-order valence-electron chi connectivity index (χ3n) is 4.70. The highest BCUT2D eigenvalue weighted by molar-refractivity contribution is 5.94. The standard InChI is InChI=1S/C19H20N4O/c1-15-18-6-3-8-22(18)10-11-23(15)19(24)17-5-2-4-16(12-17)13-21-9-7-20-14-21/h2-9,12,14-15H,10-11,13H2,1H3/t15-/m0/s1. The van der Waals surface area contributed by atoms with Crippen molar-refractivity contribution in [2.75, 3.05) is 6.54 Å². The fraction of sp³-hybridized carbons (Fsp3) is 0.263. The minimum absolute atomic E-state index is 0.0959. The zero-order chi connectivity index (χ0) is 16.5. The zero-order valence-electron chi connectivity index (χ0n) is 13.7. The van der Waals surface area contributed by atoms with Gasteiger partial charge in [0.05, 0.1) is 12.4 Å². The number of benzene rings is 1. The summed E-state index contributed by atoms with van der Waals surface area (Å²) in [5, 5.41) is 0. The van der Waals surface area contributed by atoms with Gasteiger partial charge in [-0.2, -0.15) is 0 Å². The number of rotatable bonds is 3. The maximum atomic E-state index is 13.0. The molecule has 0 spiro atoms. The van der Waals surface area contributed by atoms with Crippen molar-refractivity contribution in [2.24, 2.45) is 0 Å². The number of fused-ring (bicyclic) bond motifs is 1. The van der Waals surface area contributed by atoms with Crippen molar-refractivity contribution in [3.63, 3.8) is 0 Å². The average molecular weight is 320 g/mol.